The minimum absolute atomic E-state index is 0.160. The molecule has 28 heavy (non-hydrogen) atoms. The number of piperidine rings is 1. The lowest BCUT2D eigenvalue weighted by atomic mass is 9.97. The molecule has 0 spiro atoms. The summed E-state index contributed by atoms with van der Waals surface area (Å²) in [5.74, 6) is -0.349. The average Bonchev–Trinajstić information content (AvgIpc) is 2.70. The number of carbonyl (C=O) groups excluding carboxylic acids is 2. The van der Waals surface area contributed by atoms with Gasteiger partial charge >= 0.3 is 6.03 Å². The van der Waals surface area contributed by atoms with Gasteiger partial charge in [-0.05, 0) is 62.4 Å². The van der Waals surface area contributed by atoms with Crippen molar-refractivity contribution < 1.29 is 14.0 Å². The zero-order chi connectivity index (χ0) is 20.1. The van der Waals surface area contributed by atoms with E-state index in [0.717, 1.165) is 24.1 Å². The molecule has 2 N–H and O–H groups in total. The molecule has 3 amide bonds. The van der Waals surface area contributed by atoms with Crippen molar-refractivity contribution in [3.63, 3.8) is 0 Å². The van der Waals surface area contributed by atoms with Gasteiger partial charge in [-0.1, -0.05) is 23.8 Å². The summed E-state index contributed by atoms with van der Waals surface area (Å²) in [5, 5.41) is 5.69. The number of aryl methyl sites for hydroxylation is 2. The molecule has 1 aliphatic heterocycles. The first-order chi connectivity index (χ1) is 13.4. The molecule has 1 fully saturated rings. The molecule has 2 aromatic rings. The molecule has 148 valence electrons. The Morgan fingerprint density at radius 1 is 1.14 bits per heavy atom. The van der Waals surface area contributed by atoms with Crippen LogP contribution in [0.5, 0.6) is 0 Å². The summed E-state index contributed by atoms with van der Waals surface area (Å²) >= 11 is 0. The Balaban J connectivity index is 1.51. The molecular formula is C22H26FN3O2. The average molecular weight is 383 g/mol. The molecule has 1 aliphatic rings. The van der Waals surface area contributed by atoms with E-state index in [1.165, 1.54) is 6.07 Å². The molecular weight excluding hydrogens is 357 g/mol. The number of amides is 3. The van der Waals surface area contributed by atoms with Crippen molar-refractivity contribution in [2.45, 2.75) is 26.7 Å². The van der Waals surface area contributed by atoms with Gasteiger partial charge in [0.2, 0.25) is 0 Å². The lowest BCUT2D eigenvalue weighted by Crippen LogP contribution is -2.44. The van der Waals surface area contributed by atoms with E-state index in [4.69, 9.17) is 0 Å². The highest BCUT2D eigenvalue weighted by Crippen LogP contribution is 2.19. The van der Waals surface area contributed by atoms with Crippen LogP contribution in [-0.4, -0.2) is 36.5 Å². The van der Waals surface area contributed by atoms with Crippen LogP contribution in [0.1, 0.15) is 34.3 Å². The standard InChI is InChI=1S/C22H26FN3O2/c1-15-5-9-19(10-6-15)25-22(28)24-13-17-4-3-11-26(14-17)21(27)18-8-7-16(2)20(23)12-18/h5-10,12,17H,3-4,11,13-14H2,1-2H3,(H2,24,25,28). The number of nitrogens with one attached hydrogen (secondary N) is 2. The maximum absolute atomic E-state index is 13.8. The first-order valence-corrected chi connectivity index (χ1v) is 9.59. The molecule has 6 heteroatoms. The van der Waals surface area contributed by atoms with Crippen molar-refractivity contribution in [1.82, 2.24) is 10.2 Å². The molecule has 0 radical (unpaired) electrons. The first-order valence-electron chi connectivity index (χ1n) is 9.59. The Bertz CT molecular complexity index is 851. The minimum Gasteiger partial charge on any atom is -0.338 e. The van der Waals surface area contributed by atoms with Gasteiger partial charge in [-0.25, -0.2) is 9.18 Å². The Morgan fingerprint density at radius 3 is 2.61 bits per heavy atom. The Kier molecular flexibility index (Phi) is 6.29. The lowest BCUT2D eigenvalue weighted by molar-refractivity contribution is 0.0674. The Labute approximate surface area is 164 Å². The van der Waals surface area contributed by atoms with Crippen LogP contribution >= 0.6 is 0 Å². The van der Waals surface area contributed by atoms with E-state index >= 15 is 0 Å². The topological polar surface area (TPSA) is 61.4 Å². The summed E-state index contributed by atoms with van der Waals surface area (Å²) < 4.78 is 13.8. The maximum atomic E-state index is 13.8. The van der Waals surface area contributed by atoms with E-state index in [0.29, 0.717) is 30.8 Å². The van der Waals surface area contributed by atoms with Crippen molar-refractivity contribution in [2.75, 3.05) is 25.0 Å². The fourth-order valence-corrected chi connectivity index (χ4v) is 3.37. The number of hydrogen-bond acceptors (Lipinski definition) is 2. The monoisotopic (exact) mass is 383 g/mol. The van der Waals surface area contributed by atoms with Crippen molar-refractivity contribution in [1.29, 1.82) is 0 Å². The highest BCUT2D eigenvalue weighted by molar-refractivity contribution is 5.94. The Morgan fingerprint density at radius 2 is 1.89 bits per heavy atom. The molecule has 1 heterocycles. The second-order valence-electron chi connectivity index (χ2n) is 7.42. The van der Waals surface area contributed by atoms with E-state index in [1.54, 1.807) is 24.0 Å². The van der Waals surface area contributed by atoms with Gasteiger partial charge in [-0.3, -0.25) is 4.79 Å². The van der Waals surface area contributed by atoms with Gasteiger partial charge in [0, 0.05) is 30.9 Å². The number of carbonyl (C=O) groups is 2. The number of anilines is 1. The van der Waals surface area contributed by atoms with Gasteiger partial charge in [0.15, 0.2) is 0 Å². The normalized spacial score (nSPS) is 16.5. The van der Waals surface area contributed by atoms with Crippen LogP contribution in [0.4, 0.5) is 14.9 Å². The minimum atomic E-state index is -0.367. The predicted molar refractivity (Wildman–Crippen MR) is 108 cm³/mol. The molecule has 0 bridgehead atoms. The lowest BCUT2D eigenvalue weighted by Gasteiger charge is -2.33. The van der Waals surface area contributed by atoms with Crippen molar-refractivity contribution in [3.8, 4) is 0 Å². The van der Waals surface area contributed by atoms with Crippen LogP contribution in [0.2, 0.25) is 0 Å². The zero-order valence-electron chi connectivity index (χ0n) is 16.3. The van der Waals surface area contributed by atoms with Crippen LogP contribution in [0.15, 0.2) is 42.5 Å². The third kappa shape index (κ3) is 5.09. The second kappa shape index (κ2) is 8.87. The van der Waals surface area contributed by atoms with Gasteiger partial charge in [0.25, 0.3) is 5.91 Å². The van der Waals surface area contributed by atoms with Crippen LogP contribution < -0.4 is 10.6 Å². The van der Waals surface area contributed by atoms with Gasteiger partial charge in [0.05, 0.1) is 0 Å². The molecule has 0 aliphatic carbocycles. The number of urea groups is 1. The molecule has 0 aromatic heterocycles. The van der Waals surface area contributed by atoms with Gasteiger partial charge in [-0.2, -0.15) is 0 Å². The number of nitrogens with zero attached hydrogens (tertiary/aromatic N) is 1. The van der Waals surface area contributed by atoms with Crippen LogP contribution in [0.25, 0.3) is 0 Å². The van der Waals surface area contributed by atoms with Crippen molar-refractivity contribution in [3.05, 3.63) is 65.0 Å². The van der Waals surface area contributed by atoms with Crippen molar-refractivity contribution in [2.24, 2.45) is 5.92 Å². The number of benzene rings is 2. The summed E-state index contributed by atoms with van der Waals surface area (Å²) in [7, 11) is 0. The number of likely N-dealkylation sites (tertiary alicyclic amines) is 1. The zero-order valence-corrected chi connectivity index (χ0v) is 16.3. The molecule has 5 nitrogen and oxygen atoms in total. The third-order valence-corrected chi connectivity index (χ3v) is 5.09. The number of halogens is 1. The fraction of sp³-hybridized carbons (Fsp3) is 0.364. The van der Waals surface area contributed by atoms with Crippen LogP contribution in [0, 0.1) is 25.6 Å². The quantitative estimate of drug-likeness (QED) is 0.834. The van der Waals surface area contributed by atoms with Crippen LogP contribution in [0.3, 0.4) is 0 Å². The predicted octanol–water partition coefficient (Wildman–Crippen LogP) is 4.12. The third-order valence-electron chi connectivity index (χ3n) is 5.09. The van der Waals surface area contributed by atoms with Gasteiger partial charge in [0.1, 0.15) is 5.82 Å². The molecule has 1 unspecified atom stereocenters. The summed E-state index contributed by atoms with van der Waals surface area (Å²) in [6.45, 7) is 5.36. The largest absolute Gasteiger partial charge is 0.338 e. The van der Waals surface area contributed by atoms with E-state index in [9.17, 15) is 14.0 Å². The Hall–Kier alpha value is -2.89. The summed E-state index contributed by atoms with van der Waals surface area (Å²) in [6.07, 6.45) is 1.81. The van der Waals surface area contributed by atoms with E-state index in [-0.39, 0.29) is 23.7 Å². The number of hydrogen-bond donors (Lipinski definition) is 2. The van der Waals surface area contributed by atoms with Gasteiger partial charge in [-0.15, -0.1) is 0 Å². The highest BCUT2D eigenvalue weighted by Gasteiger charge is 2.25. The highest BCUT2D eigenvalue weighted by atomic mass is 19.1. The van der Waals surface area contributed by atoms with Gasteiger partial charge < -0.3 is 15.5 Å². The summed E-state index contributed by atoms with van der Waals surface area (Å²) in [4.78, 5) is 26.5. The van der Waals surface area contributed by atoms with Crippen molar-refractivity contribution >= 4 is 17.6 Å². The summed E-state index contributed by atoms with van der Waals surface area (Å²) in [6, 6.07) is 11.9. The molecule has 1 saturated heterocycles. The molecule has 1 atom stereocenters. The van der Waals surface area contributed by atoms with E-state index < -0.39 is 0 Å². The maximum Gasteiger partial charge on any atom is 0.319 e. The SMILES string of the molecule is Cc1ccc(NC(=O)NCC2CCCN(C(=O)c3ccc(C)c(F)c3)C2)cc1. The number of rotatable bonds is 4. The van der Waals surface area contributed by atoms with E-state index in [2.05, 4.69) is 10.6 Å². The van der Waals surface area contributed by atoms with E-state index in [1.807, 2.05) is 31.2 Å². The first kappa shape index (κ1) is 19.9. The summed E-state index contributed by atoms with van der Waals surface area (Å²) in [5.41, 5.74) is 2.77. The molecule has 0 saturated carbocycles. The van der Waals surface area contributed by atoms with Crippen LogP contribution in [-0.2, 0) is 0 Å². The second-order valence-corrected chi connectivity index (χ2v) is 7.42. The smallest absolute Gasteiger partial charge is 0.319 e. The molecule has 2 aromatic carbocycles. The molecule has 3 rings (SSSR count). The fourth-order valence-electron chi connectivity index (χ4n) is 3.37.